The number of hydrogen-bond donors (Lipinski definition) is 0. The molecule has 0 aliphatic heterocycles. The van der Waals surface area contributed by atoms with Crippen LogP contribution < -0.4 is 9.47 Å². The SMILES string of the molecule is N#Cc1c(C#N)c(OCCC(F)(F)C(F)(F)C(F)(F)C(F)(F)F)c2ccccc2c1OCCC(F)(F)C(F)(F)C(F)(F)C(F)(F)F. The fourth-order valence-electron chi connectivity index (χ4n) is 3.58. The summed E-state index contributed by atoms with van der Waals surface area (Å²) in [7, 11) is 0. The Hall–Kier alpha value is -3.98. The quantitative estimate of drug-likeness (QED) is 0.207. The smallest absolute Gasteiger partial charge is 0.460 e. The third kappa shape index (κ3) is 6.21. The van der Waals surface area contributed by atoms with Gasteiger partial charge in [-0.3, -0.25) is 0 Å². The van der Waals surface area contributed by atoms with Gasteiger partial charge in [0, 0.05) is 10.8 Å². The van der Waals surface area contributed by atoms with Gasteiger partial charge in [-0.1, -0.05) is 24.3 Å². The van der Waals surface area contributed by atoms with Crippen LogP contribution in [0.4, 0.5) is 79.0 Å². The molecule has 46 heavy (non-hydrogen) atoms. The first-order valence-corrected chi connectivity index (χ1v) is 11.6. The van der Waals surface area contributed by atoms with Crippen LogP contribution in [-0.2, 0) is 0 Å². The first-order valence-electron chi connectivity index (χ1n) is 11.6. The molecule has 0 aliphatic carbocycles. The van der Waals surface area contributed by atoms with Crippen LogP contribution in [0.5, 0.6) is 11.5 Å². The van der Waals surface area contributed by atoms with Crippen molar-refractivity contribution in [3.05, 3.63) is 35.4 Å². The van der Waals surface area contributed by atoms with E-state index in [1.165, 1.54) is 12.1 Å². The summed E-state index contributed by atoms with van der Waals surface area (Å²) in [5.41, 5.74) is -2.24. The van der Waals surface area contributed by atoms with Crippen molar-refractivity contribution < 1.29 is 88.5 Å². The number of benzene rings is 2. The molecule has 0 aliphatic rings. The zero-order chi connectivity index (χ0) is 35.9. The lowest BCUT2D eigenvalue weighted by Gasteiger charge is -2.33. The summed E-state index contributed by atoms with van der Waals surface area (Å²) in [6.45, 7) is -3.68. The summed E-state index contributed by atoms with van der Waals surface area (Å²) in [5.74, 6) is -42.8. The Morgan fingerprint density at radius 2 is 0.761 bits per heavy atom. The fourth-order valence-corrected chi connectivity index (χ4v) is 3.58. The van der Waals surface area contributed by atoms with Crippen LogP contribution >= 0.6 is 0 Å². The lowest BCUT2D eigenvalue weighted by molar-refractivity contribution is -0.397. The van der Waals surface area contributed by atoms with E-state index >= 15 is 0 Å². The second-order valence-corrected chi connectivity index (χ2v) is 9.08. The highest BCUT2D eigenvalue weighted by atomic mass is 19.4. The number of fused-ring (bicyclic) bond motifs is 1. The van der Waals surface area contributed by atoms with Gasteiger partial charge in [0.25, 0.3) is 0 Å². The largest absolute Gasteiger partial charge is 0.491 e. The van der Waals surface area contributed by atoms with Gasteiger partial charge in [-0.15, -0.1) is 0 Å². The van der Waals surface area contributed by atoms with Crippen molar-refractivity contribution >= 4 is 10.8 Å². The Balaban J connectivity index is 2.47. The molecule has 0 saturated carbocycles. The van der Waals surface area contributed by atoms with Crippen molar-refractivity contribution in [2.75, 3.05) is 13.2 Å². The number of halogens is 18. The van der Waals surface area contributed by atoms with E-state index in [-0.39, 0.29) is 0 Å². The molecule has 4 nitrogen and oxygen atoms in total. The van der Waals surface area contributed by atoms with E-state index in [4.69, 9.17) is 9.47 Å². The highest BCUT2D eigenvalue weighted by Crippen LogP contribution is 2.55. The number of hydrogen-bond acceptors (Lipinski definition) is 4. The zero-order valence-electron chi connectivity index (χ0n) is 21.7. The normalized spacial score (nSPS) is 14.2. The minimum absolute atomic E-state index is 0.565. The van der Waals surface area contributed by atoms with Crippen molar-refractivity contribution in [1.82, 2.24) is 0 Å². The molecule has 0 spiro atoms. The molecule has 0 unspecified atom stereocenters. The summed E-state index contributed by atoms with van der Waals surface area (Å²) < 4.78 is 246. The van der Waals surface area contributed by atoms with E-state index < -0.39 is 107 Å². The molecular formula is C24H12F18N2O2. The lowest BCUT2D eigenvalue weighted by atomic mass is 9.98. The Labute approximate surface area is 243 Å². The van der Waals surface area contributed by atoms with Crippen molar-refractivity contribution in [1.29, 1.82) is 10.5 Å². The first-order chi connectivity index (χ1) is 20.6. The van der Waals surface area contributed by atoms with Gasteiger partial charge in [-0.05, 0) is 0 Å². The molecule has 0 fully saturated rings. The molecule has 256 valence electrons. The van der Waals surface area contributed by atoms with Crippen LogP contribution in [0.25, 0.3) is 10.8 Å². The molecule has 0 atom stereocenters. The van der Waals surface area contributed by atoms with E-state index in [9.17, 15) is 89.6 Å². The number of nitriles is 2. The molecule has 0 heterocycles. The van der Waals surface area contributed by atoms with Crippen molar-refractivity contribution in [3.8, 4) is 23.6 Å². The van der Waals surface area contributed by atoms with E-state index in [1.807, 2.05) is 0 Å². The average molecular weight is 702 g/mol. The lowest BCUT2D eigenvalue weighted by Crippen LogP contribution is -2.61. The number of alkyl halides is 18. The van der Waals surface area contributed by atoms with Gasteiger partial charge >= 0.3 is 47.9 Å². The van der Waals surface area contributed by atoms with Crippen LogP contribution in [0.2, 0.25) is 0 Å². The minimum atomic E-state index is -7.23. The standard InChI is InChI=1S/C24H12F18N2O2/c25-17(26,19(29,30)21(33,34)23(37,38)39)5-7-45-15-11-3-1-2-4-12(11)16(14(10-44)13(15)9-43)46-8-6-18(27,28)20(31,32)22(35,36)24(40,41)42/h1-4H,5-8H2. The molecule has 22 heteroatoms. The maximum Gasteiger partial charge on any atom is 0.460 e. The Kier molecular flexibility index (Phi) is 9.96. The molecule has 0 aromatic heterocycles. The third-order valence-electron chi connectivity index (χ3n) is 6.09. The summed E-state index contributed by atoms with van der Waals surface area (Å²) in [6, 6.07) is 6.27. The summed E-state index contributed by atoms with van der Waals surface area (Å²) in [4.78, 5) is 0. The van der Waals surface area contributed by atoms with Gasteiger partial charge in [0.05, 0.1) is 26.1 Å². The van der Waals surface area contributed by atoms with E-state index in [0.717, 1.165) is 24.3 Å². The summed E-state index contributed by atoms with van der Waals surface area (Å²) >= 11 is 0. The molecule has 0 N–H and O–H groups in total. The Bertz CT molecular complexity index is 1400. The molecule has 2 aromatic carbocycles. The summed E-state index contributed by atoms with van der Waals surface area (Å²) in [5, 5.41) is 17.8. The monoisotopic (exact) mass is 702 g/mol. The van der Waals surface area contributed by atoms with Gasteiger partial charge < -0.3 is 9.47 Å². The topological polar surface area (TPSA) is 66.0 Å². The molecule has 2 aromatic rings. The van der Waals surface area contributed by atoms with Crippen LogP contribution in [0.1, 0.15) is 24.0 Å². The molecule has 0 amide bonds. The Morgan fingerprint density at radius 3 is 1.00 bits per heavy atom. The Morgan fingerprint density at radius 1 is 0.478 bits per heavy atom. The van der Waals surface area contributed by atoms with Crippen LogP contribution in [0, 0.1) is 22.7 Å². The maximum atomic E-state index is 13.9. The van der Waals surface area contributed by atoms with Crippen LogP contribution in [-0.4, -0.2) is 61.1 Å². The van der Waals surface area contributed by atoms with Gasteiger partial charge in [0.2, 0.25) is 0 Å². The van der Waals surface area contributed by atoms with Crippen molar-refractivity contribution in [2.24, 2.45) is 0 Å². The second-order valence-electron chi connectivity index (χ2n) is 9.08. The van der Waals surface area contributed by atoms with Crippen molar-refractivity contribution in [3.63, 3.8) is 0 Å². The van der Waals surface area contributed by atoms with E-state index in [1.54, 1.807) is 0 Å². The molecule has 0 bridgehead atoms. The summed E-state index contributed by atoms with van der Waals surface area (Å²) in [6.07, 6.45) is -19.4. The average Bonchev–Trinajstić information content (AvgIpc) is 2.91. The molecule has 2 rings (SSSR count). The van der Waals surface area contributed by atoms with Crippen molar-refractivity contribution in [2.45, 2.75) is 60.7 Å². The fraction of sp³-hybridized carbons (Fsp3) is 0.500. The second kappa shape index (κ2) is 12.0. The number of rotatable bonds is 12. The van der Waals surface area contributed by atoms with Gasteiger partial charge in [-0.2, -0.15) is 89.6 Å². The molecule has 0 radical (unpaired) electrons. The van der Waals surface area contributed by atoms with Gasteiger partial charge in [0.15, 0.2) is 0 Å². The highest BCUT2D eigenvalue weighted by Gasteiger charge is 2.82. The van der Waals surface area contributed by atoms with Crippen LogP contribution in [0.15, 0.2) is 24.3 Å². The maximum absolute atomic E-state index is 13.9. The van der Waals surface area contributed by atoms with E-state index in [0.29, 0.717) is 0 Å². The van der Waals surface area contributed by atoms with Gasteiger partial charge in [0.1, 0.15) is 34.8 Å². The molecular weight excluding hydrogens is 690 g/mol. The van der Waals surface area contributed by atoms with Gasteiger partial charge in [-0.25, -0.2) is 0 Å². The first kappa shape index (κ1) is 38.2. The number of nitrogens with zero attached hydrogens (tertiary/aromatic N) is 2. The predicted molar refractivity (Wildman–Crippen MR) is 115 cm³/mol. The van der Waals surface area contributed by atoms with Crippen LogP contribution in [0.3, 0.4) is 0 Å². The van der Waals surface area contributed by atoms with E-state index in [2.05, 4.69) is 0 Å². The minimum Gasteiger partial charge on any atom is -0.491 e. The molecule has 0 saturated heterocycles. The highest BCUT2D eigenvalue weighted by molar-refractivity contribution is 5.98. The third-order valence-corrected chi connectivity index (χ3v) is 6.09. The number of ether oxygens (including phenoxy) is 2. The predicted octanol–water partition coefficient (Wildman–Crippen LogP) is 9.06. The zero-order valence-corrected chi connectivity index (χ0v) is 21.7.